The van der Waals surface area contributed by atoms with Gasteiger partial charge in [-0.2, -0.15) is 0 Å². The molecular weight excluding hydrogens is 394 g/mol. The minimum absolute atomic E-state index is 0.257. The number of carbonyl (C=O) groups excluding carboxylic acids is 2. The van der Waals surface area contributed by atoms with Crippen LogP contribution in [0, 0.1) is 0 Å². The predicted octanol–water partition coefficient (Wildman–Crippen LogP) is 3.76. The van der Waals surface area contributed by atoms with Crippen molar-refractivity contribution in [3.63, 3.8) is 0 Å². The van der Waals surface area contributed by atoms with Gasteiger partial charge in [0.2, 0.25) is 0 Å². The average Bonchev–Trinajstić information content (AvgIpc) is 2.96. The molecule has 0 saturated carbocycles. The van der Waals surface area contributed by atoms with Crippen LogP contribution in [-0.2, 0) is 20.9 Å². The van der Waals surface area contributed by atoms with Crippen molar-refractivity contribution in [3.8, 4) is 11.5 Å². The molecule has 6 nitrogen and oxygen atoms in total. The second-order valence-corrected chi connectivity index (χ2v) is 6.89. The van der Waals surface area contributed by atoms with Crippen molar-refractivity contribution >= 4 is 29.6 Å². The van der Waals surface area contributed by atoms with Gasteiger partial charge in [0, 0.05) is 24.1 Å². The van der Waals surface area contributed by atoms with E-state index in [4.69, 9.17) is 25.8 Å². The van der Waals surface area contributed by atoms with E-state index in [1.54, 1.807) is 24.3 Å². The van der Waals surface area contributed by atoms with Crippen LogP contribution < -0.4 is 14.8 Å². The first-order chi connectivity index (χ1) is 14.0. The lowest BCUT2D eigenvalue weighted by molar-refractivity contribution is -0.150. The molecular formula is C22H22ClNO5. The minimum Gasteiger partial charge on any atom is -0.490 e. The van der Waals surface area contributed by atoms with Gasteiger partial charge in [-0.1, -0.05) is 35.9 Å². The van der Waals surface area contributed by atoms with E-state index < -0.39 is 18.0 Å². The van der Waals surface area contributed by atoms with Gasteiger partial charge in [-0.15, -0.1) is 0 Å². The Kier molecular flexibility index (Phi) is 7.14. The van der Waals surface area contributed by atoms with Crippen molar-refractivity contribution in [3.05, 3.63) is 64.7 Å². The Morgan fingerprint density at radius 1 is 1.17 bits per heavy atom. The summed E-state index contributed by atoms with van der Waals surface area (Å²) < 4.78 is 16.4. The van der Waals surface area contributed by atoms with Crippen molar-refractivity contribution in [1.82, 2.24) is 5.32 Å². The van der Waals surface area contributed by atoms with Crippen LogP contribution in [0.4, 0.5) is 0 Å². The summed E-state index contributed by atoms with van der Waals surface area (Å²) in [5.74, 6) is 0.316. The quantitative estimate of drug-likeness (QED) is 0.574. The summed E-state index contributed by atoms with van der Waals surface area (Å²) in [6.07, 6.45) is 2.77. The Bertz CT molecular complexity index is 912. The Labute approximate surface area is 174 Å². The first-order valence-corrected chi connectivity index (χ1v) is 9.70. The number of benzene rings is 2. The number of fused-ring (bicyclic) bond motifs is 1. The molecule has 0 aromatic heterocycles. The fourth-order valence-corrected chi connectivity index (χ4v) is 2.89. The first kappa shape index (κ1) is 20.7. The molecule has 1 amide bonds. The Morgan fingerprint density at radius 3 is 2.72 bits per heavy atom. The Hall–Kier alpha value is -2.99. The zero-order chi connectivity index (χ0) is 20.6. The number of halogens is 1. The van der Waals surface area contributed by atoms with E-state index in [2.05, 4.69) is 5.32 Å². The van der Waals surface area contributed by atoms with Crippen LogP contribution >= 0.6 is 11.6 Å². The van der Waals surface area contributed by atoms with Gasteiger partial charge in [-0.25, -0.2) is 4.79 Å². The molecule has 0 fully saturated rings. The number of hydrogen-bond acceptors (Lipinski definition) is 5. The van der Waals surface area contributed by atoms with Gasteiger partial charge < -0.3 is 19.5 Å². The van der Waals surface area contributed by atoms with E-state index in [-0.39, 0.29) is 6.54 Å². The number of hydrogen-bond donors (Lipinski definition) is 1. The topological polar surface area (TPSA) is 73.9 Å². The Morgan fingerprint density at radius 2 is 1.93 bits per heavy atom. The third-order valence-electron chi connectivity index (χ3n) is 4.26. The van der Waals surface area contributed by atoms with Crippen LogP contribution in [0.2, 0.25) is 5.02 Å². The maximum Gasteiger partial charge on any atom is 0.331 e. The summed E-state index contributed by atoms with van der Waals surface area (Å²) in [4.78, 5) is 24.2. The first-order valence-electron chi connectivity index (χ1n) is 9.32. The lowest BCUT2D eigenvalue weighted by Gasteiger charge is -2.13. The predicted molar refractivity (Wildman–Crippen MR) is 110 cm³/mol. The third kappa shape index (κ3) is 5.99. The number of carbonyl (C=O) groups is 2. The molecule has 152 valence electrons. The van der Waals surface area contributed by atoms with Gasteiger partial charge in [0.15, 0.2) is 17.6 Å². The van der Waals surface area contributed by atoms with Gasteiger partial charge >= 0.3 is 5.97 Å². The zero-order valence-corrected chi connectivity index (χ0v) is 16.8. The summed E-state index contributed by atoms with van der Waals surface area (Å²) in [5.41, 5.74) is 1.55. The monoisotopic (exact) mass is 415 g/mol. The van der Waals surface area contributed by atoms with E-state index in [1.807, 2.05) is 24.3 Å². The molecule has 1 N–H and O–H groups in total. The van der Waals surface area contributed by atoms with Crippen LogP contribution in [0.1, 0.15) is 24.5 Å². The van der Waals surface area contributed by atoms with Crippen LogP contribution in [0.25, 0.3) is 6.08 Å². The molecule has 1 aliphatic heterocycles. The highest BCUT2D eigenvalue weighted by molar-refractivity contribution is 6.31. The zero-order valence-electron chi connectivity index (χ0n) is 16.0. The molecule has 1 aliphatic rings. The van der Waals surface area contributed by atoms with Gasteiger partial charge in [-0.3, -0.25) is 4.79 Å². The molecule has 0 spiro atoms. The smallest absolute Gasteiger partial charge is 0.331 e. The molecule has 0 aliphatic carbocycles. The highest BCUT2D eigenvalue weighted by Crippen LogP contribution is 2.30. The maximum atomic E-state index is 12.1. The lowest BCUT2D eigenvalue weighted by Crippen LogP contribution is -2.35. The molecule has 0 unspecified atom stereocenters. The van der Waals surface area contributed by atoms with Crippen molar-refractivity contribution in [2.45, 2.75) is 26.0 Å². The SMILES string of the molecule is C[C@@H](OC(=O)/C=C/c1ccc2c(c1)OCCCO2)C(=O)NCc1ccccc1Cl. The average molecular weight is 416 g/mol. The fraction of sp³-hybridized carbons (Fsp3) is 0.273. The summed E-state index contributed by atoms with van der Waals surface area (Å²) >= 11 is 6.06. The molecule has 29 heavy (non-hydrogen) atoms. The summed E-state index contributed by atoms with van der Waals surface area (Å²) in [5, 5.41) is 3.27. The number of amides is 1. The van der Waals surface area contributed by atoms with Crippen LogP contribution in [-0.4, -0.2) is 31.2 Å². The summed E-state index contributed by atoms with van der Waals surface area (Å²) in [7, 11) is 0. The normalized spacial score (nSPS) is 14.1. The molecule has 1 heterocycles. The van der Waals surface area contributed by atoms with Crippen molar-refractivity contribution in [2.24, 2.45) is 0 Å². The van der Waals surface area contributed by atoms with E-state index in [0.29, 0.717) is 29.7 Å². The van der Waals surface area contributed by atoms with Crippen molar-refractivity contribution in [1.29, 1.82) is 0 Å². The second-order valence-electron chi connectivity index (χ2n) is 6.48. The maximum absolute atomic E-state index is 12.1. The highest BCUT2D eigenvalue weighted by atomic mass is 35.5. The van der Waals surface area contributed by atoms with E-state index in [1.165, 1.54) is 13.0 Å². The summed E-state index contributed by atoms with van der Waals surface area (Å²) in [6.45, 7) is 2.97. The molecule has 1 atom stereocenters. The molecule has 0 saturated heterocycles. The number of ether oxygens (including phenoxy) is 3. The standard InChI is InChI=1S/C22H22ClNO5/c1-15(22(26)24-14-17-5-2-3-6-18(17)23)29-21(25)10-8-16-7-9-19-20(13-16)28-12-4-11-27-19/h2-3,5-10,13,15H,4,11-12,14H2,1H3,(H,24,26)/b10-8+/t15-/m1/s1. The van der Waals surface area contributed by atoms with Gasteiger partial charge in [0.05, 0.1) is 13.2 Å². The van der Waals surface area contributed by atoms with Crippen molar-refractivity contribution in [2.75, 3.05) is 13.2 Å². The third-order valence-corrected chi connectivity index (χ3v) is 4.63. The highest BCUT2D eigenvalue weighted by Gasteiger charge is 2.16. The molecule has 0 bridgehead atoms. The van der Waals surface area contributed by atoms with E-state index in [0.717, 1.165) is 17.5 Å². The minimum atomic E-state index is -0.932. The van der Waals surface area contributed by atoms with E-state index in [9.17, 15) is 9.59 Å². The molecule has 3 rings (SSSR count). The van der Waals surface area contributed by atoms with Gasteiger partial charge in [0.1, 0.15) is 0 Å². The molecule has 2 aromatic rings. The second kappa shape index (κ2) is 9.98. The fourth-order valence-electron chi connectivity index (χ4n) is 2.68. The van der Waals surface area contributed by atoms with Crippen LogP contribution in [0.3, 0.4) is 0 Å². The Balaban J connectivity index is 1.51. The van der Waals surface area contributed by atoms with Crippen LogP contribution in [0.5, 0.6) is 11.5 Å². The molecule has 7 heteroatoms. The van der Waals surface area contributed by atoms with Gasteiger partial charge in [-0.05, 0) is 42.3 Å². The van der Waals surface area contributed by atoms with E-state index >= 15 is 0 Å². The number of esters is 1. The van der Waals surface area contributed by atoms with Gasteiger partial charge in [0.25, 0.3) is 5.91 Å². The summed E-state index contributed by atoms with van der Waals surface area (Å²) in [6, 6.07) is 12.6. The lowest BCUT2D eigenvalue weighted by atomic mass is 10.2. The molecule has 2 aromatic carbocycles. The van der Waals surface area contributed by atoms with Crippen LogP contribution in [0.15, 0.2) is 48.5 Å². The number of nitrogens with one attached hydrogen (secondary N) is 1. The van der Waals surface area contributed by atoms with Crippen molar-refractivity contribution < 1.29 is 23.8 Å². The molecule has 0 radical (unpaired) electrons. The largest absolute Gasteiger partial charge is 0.490 e. The number of rotatable bonds is 6.